The van der Waals surface area contributed by atoms with Crippen LogP contribution in [0.15, 0.2) is 71.2 Å². The minimum atomic E-state index is -0.361. The average Bonchev–Trinajstić information content (AvgIpc) is 2.74. The zero-order chi connectivity index (χ0) is 20.8. The Hall–Kier alpha value is -3.32. The van der Waals surface area contributed by atoms with Crippen molar-refractivity contribution >= 4 is 39.1 Å². The van der Waals surface area contributed by atoms with E-state index in [0.717, 1.165) is 0 Å². The van der Waals surface area contributed by atoms with Gasteiger partial charge in [-0.25, -0.2) is 0 Å². The summed E-state index contributed by atoms with van der Waals surface area (Å²) in [4.78, 5) is 25.4. The van der Waals surface area contributed by atoms with Crippen LogP contribution in [-0.4, -0.2) is 26.0 Å². The van der Waals surface area contributed by atoms with Gasteiger partial charge in [-0.05, 0) is 52.3 Å². The van der Waals surface area contributed by atoms with Crippen LogP contribution in [0.5, 0.6) is 11.5 Å². The molecule has 3 rings (SSSR count). The molecule has 148 valence electrons. The molecule has 3 aromatic carbocycles. The number of ether oxygens (including phenoxy) is 2. The predicted octanol–water partition coefficient (Wildman–Crippen LogP) is 4.97. The van der Waals surface area contributed by atoms with E-state index in [1.54, 1.807) is 67.8 Å². The molecule has 0 heterocycles. The van der Waals surface area contributed by atoms with Gasteiger partial charge in [0.05, 0.1) is 31.0 Å². The van der Waals surface area contributed by atoms with E-state index < -0.39 is 0 Å². The summed E-state index contributed by atoms with van der Waals surface area (Å²) >= 11 is 3.37. The highest BCUT2D eigenvalue weighted by atomic mass is 79.9. The first-order chi connectivity index (χ1) is 14.0. The van der Waals surface area contributed by atoms with Crippen molar-refractivity contribution in [3.05, 3.63) is 82.3 Å². The lowest BCUT2D eigenvalue weighted by Crippen LogP contribution is -2.18. The zero-order valence-corrected chi connectivity index (χ0v) is 17.4. The highest BCUT2D eigenvalue weighted by molar-refractivity contribution is 9.10. The van der Waals surface area contributed by atoms with Gasteiger partial charge in [0.2, 0.25) is 0 Å². The van der Waals surface area contributed by atoms with Gasteiger partial charge in [-0.15, -0.1) is 0 Å². The highest BCUT2D eigenvalue weighted by Gasteiger charge is 2.16. The van der Waals surface area contributed by atoms with Gasteiger partial charge < -0.3 is 20.1 Å². The number of para-hydroxylation sites is 1. The van der Waals surface area contributed by atoms with Gasteiger partial charge >= 0.3 is 0 Å². The molecule has 0 aliphatic rings. The molecule has 2 N–H and O–H groups in total. The molecule has 2 amide bonds. The van der Waals surface area contributed by atoms with Crippen LogP contribution < -0.4 is 20.1 Å². The van der Waals surface area contributed by atoms with Crippen molar-refractivity contribution in [1.29, 1.82) is 0 Å². The summed E-state index contributed by atoms with van der Waals surface area (Å²) in [5.41, 5.74) is 1.76. The molecule has 0 radical (unpaired) electrons. The number of hydrogen-bond acceptors (Lipinski definition) is 4. The molecule has 0 aromatic heterocycles. The standard InChI is InChI=1S/C22H19BrN2O4/c1-28-19-12-11-14(13-20(19)29-2)24-22(27)16-8-4-6-10-18(16)25-21(26)15-7-3-5-9-17(15)23/h3-13H,1-2H3,(H,24,27)(H,25,26). The summed E-state index contributed by atoms with van der Waals surface area (Å²) in [6.45, 7) is 0. The molecule has 0 atom stereocenters. The van der Waals surface area contributed by atoms with Crippen molar-refractivity contribution in [2.75, 3.05) is 24.9 Å². The van der Waals surface area contributed by atoms with E-state index in [2.05, 4.69) is 26.6 Å². The first kappa shape index (κ1) is 20.4. The molecule has 0 bridgehead atoms. The van der Waals surface area contributed by atoms with Crippen molar-refractivity contribution in [3.8, 4) is 11.5 Å². The number of hydrogen-bond donors (Lipinski definition) is 2. The smallest absolute Gasteiger partial charge is 0.257 e. The summed E-state index contributed by atoms with van der Waals surface area (Å²) in [5.74, 6) is 0.386. The SMILES string of the molecule is COc1ccc(NC(=O)c2ccccc2NC(=O)c2ccccc2Br)cc1OC. The number of halogens is 1. The molecule has 0 spiro atoms. The number of carbonyl (C=O) groups is 2. The third-order valence-corrected chi connectivity index (χ3v) is 4.87. The van der Waals surface area contributed by atoms with Crippen LogP contribution in [0.4, 0.5) is 11.4 Å². The minimum Gasteiger partial charge on any atom is -0.493 e. The Balaban J connectivity index is 1.82. The Morgan fingerprint density at radius 2 is 1.38 bits per heavy atom. The summed E-state index contributed by atoms with van der Waals surface area (Å²) in [5, 5.41) is 5.61. The number of methoxy groups -OCH3 is 2. The van der Waals surface area contributed by atoms with Gasteiger partial charge in [0.1, 0.15) is 0 Å². The lowest BCUT2D eigenvalue weighted by atomic mass is 10.1. The number of nitrogens with one attached hydrogen (secondary N) is 2. The molecule has 0 aliphatic carbocycles. The van der Waals surface area contributed by atoms with Gasteiger partial charge in [0, 0.05) is 16.2 Å². The topological polar surface area (TPSA) is 76.7 Å². The van der Waals surface area contributed by atoms with Gasteiger partial charge in [0.15, 0.2) is 11.5 Å². The quantitative estimate of drug-likeness (QED) is 0.550. The molecule has 0 saturated carbocycles. The molecule has 0 saturated heterocycles. The van der Waals surface area contributed by atoms with Crippen molar-refractivity contribution in [1.82, 2.24) is 0 Å². The van der Waals surface area contributed by atoms with E-state index in [0.29, 0.717) is 38.5 Å². The fourth-order valence-corrected chi connectivity index (χ4v) is 3.20. The van der Waals surface area contributed by atoms with E-state index >= 15 is 0 Å². The lowest BCUT2D eigenvalue weighted by Gasteiger charge is -2.13. The average molecular weight is 455 g/mol. The first-order valence-electron chi connectivity index (χ1n) is 8.71. The number of benzene rings is 3. The highest BCUT2D eigenvalue weighted by Crippen LogP contribution is 2.30. The van der Waals surface area contributed by atoms with E-state index in [1.165, 1.54) is 7.11 Å². The number of anilines is 2. The summed E-state index contributed by atoms with van der Waals surface area (Å²) < 4.78 is 11.1. The van der Waals surface area contributed by atoms with E-state index in [-0.39, 0.29) is 11.8 Å². The lowest BCUT2D eigenvalue weighted by molar-refractivity contribution is 0.102. The van der Waals surface area contributed by atoms with Crippen LogP contribution in [0, 0.1) is 0 Å². The fourth-order valence-electron chi connectivity index (χ4n) is 2.74. The molecule has 0 unspecified atom stereocenters. The van der Waals surface area contributed by atoms with Crippen LogP contribution in [-0.2, 0) is 0 Å². The maximum atomic E-state index is 12.8. The monoisotopic (exact) mass is 454 g/mol. The molecular weight excluding hydrogens is 436 g/mol. The largest absolute Gasteiger partial charge is 0.493 e. The first-order valence-corrected chi connectivity index (χ1v) is 9.51. The molecule has 0 aliphatic heterocycles. The van der Waals surface area contributed by atoms with Crippen molar-refractivity contribution in [2.24, 2.45) is 0 Å². The molecule has 29 heavy (non-hydrogen) atoms. The maximum Gasteiger partial charge on any atom is 0.257 e. The van der Waals surface area contributed by atoms with Crippen LogP contribution in [0.3, 0.4) is 0 Å². The number of carbonyl (C=O) groups excluding carboxylic acids is 2. The molecule has 7 heteroatoms. The Morgan fingerprint density at radius 3 is 2.07 bits per heavy atom. The second kappa shape index (κ2) is 9.25. The normalized spacial score (nSPS) is 10.2. The Labute approximate surface area is 177 Å². The molecule has 0 fully saturated rings. The van der Waals surface area contributed by atoms with E-state index in [9.17, 15) is 9.59 Å². The number of amides is 2. The molecule has 6 nitrogen and oxygen atoms in total. The van der Waals surface area contributed by atoms with Crippen LogP contribution in [0.25, 0.3) is 0 Å². The number of rotatable bonds is 6. The third kappa shape index (κ3) is 4.75. The van der Waals surface area contributed by atoms with E-state index in [1.807, 2.05) is 6.07 Å². The molecule has 3 aromatic rings. The van der Waals surface area contributed by atoms with Crippen LogP contribution in [0.1, 0.15) is 20.7 Å². The second-order valence-electron chi connectivity index (χ2n) is 6.00. The van der Waals surface area contributed by atoms with Gasteiger partial charge in [-0.3, -0.25) is 9.59 Å². The van der Waals surface area contributed by atoms with Crippen LogP contribution >= 0.6 is 15.9 Å². The predicted molar refractivity (Wildman–Crippen MR) is 116 cm³/mol. The van der Waals surface area contributed by atoms with Gasteiger partial charge in [-0.1, -0.05) is 24.3 Å². The van der Waals surface area contributed by atoms with Crippen molar-refractivity contribution in [2.45, 2.75) is 0 Å². The summed E-state index contributed by atoms with van der Waals surface area (Å²) in [6, 6.07) is 19.0. The fraction of sp³-hybridized carbons (Fsp3) is 0.0909. The van der Waals surface area contributed by atoms with Crippen molar-refractivity contribution < 1.29 is 19.1 Å². The maximum absolute atomic E-state index is 12.8. The van der Waals surface area contributed by atoms with Gasteiger partial charge in [0.25, 0.3) is 11.8 Å². The third-order valence-electron chi connectivity index (χ3n) is 4.18. The van der Waals surface area contributed by atoms with Crippen LogP contribution in [0.2, 0.25) is 0 Å². The Kier molecular flexibility index (Phi) is 6.51. The van der Waals surface area contributed by atoms with E-state index in [4.69, 9.17) is 9.47 Å². The Morgan fingerprint density at radius 1 is 0.759 bits per heavy atom. The molecular formula is C22H19BrN2O4. The summed E-state index contributed by atoms with van der Waals surface area (Å²) in [6.07, 6.45) is 0. The summed E-state index contributed by atoms with van der Waals surface area (Å²) in [7, 11) is 3.07. The Bertz CT molecular complexity index is 1050. The van der Waals surface area contributed by atoms with Gasteiger partial charge in [-0.2, -0.15) is 0 Å². The second-order valence-corrected chi connectivity index (χ2v) is 6.86. The minimum absolute atomic E-state index is 0.316. The van der Waals surface area contributed by atoms with Crippen molar-refractivity contribution in [3.63, 3.8) is 0 Å². The zero-order valence-electron chi connectivity index (χ0n) is 15.9.